The Hall–Kier alpha value is -1.97. The molecule has 0 bridgehead atoms. The minimum Gasteiger partial charge on any atom is -0.498 e. The van der Waals surface area contributed by atoms with Gasteiger partial charge in [-0.3, -0.25) is 4.79 Å². The van der Waals surface area contributed by atoms with Crippen LogP contribution < -0.4 is 10.1 Å². The highest BCUT2D eigenvalue weighted by Gasteiger charge is 2.25. The number of carbonyl (C=O) groups excluding carboxylic acids is 1. The minimum atomic E-state index is -0.364. The van der Waals surface area contributed by atoms with Crippen LogP contribution in [-0.4, -0.2) is 19.1 Å². The first kappa shape index (κ1) is 16.1. The molecule has 0 spiro atoms. The van der Waals surface area contributed by atoms with E-state index < -0.39 is 0 Å². The Bertz CT molecular complexity index is 438. The molecular formula is C16H23NO3. The molecule has 0 unspecified atom stereocenters. The van der Waals surface area contributed by atoms with E-state index in [1.54, 1.807) is 0 Å². The maximum atomic E-state index is 12.0. The lowest BCUT2D eigenvalue weighted by Crippen LogP contribution is -2.29. The molecule has 1 rings (SSSR count). The van der Waals surface area contributed by atoms with Gasteiger partial charge in [0.1, 0.15) is 19.0 Å². The first-order chi connectivity index (χ1) is 9.49. The van der Waals surface area contributed by atoms with Gasteiger partial charge in [0.2, 0.25) is 5.91 Å². The van der Waals surface area contributed by atoms with Crippen LogP contribution in [0.5, 0.6) is 5.75 Å². The fourth-order valence-electron chi connectivity index (χ4n) is 1.39. The molecule has 4 nitrogen and oxygen atoms in total. The van der Waals surface area contributed by atoms with Gasteiger partial charge in [-0.05, 0) is 30.7 Å². The zero-order valence-electron chi connectivity index (χ0n) is 12.4. The van der Waals surface area contributed by atoms with E-state index in [-0.39, 0.29) is 11.3 Å². The van der Waals surface area contributed by atoms with Crippen molar-refractivity contribution in [2.45, 2.75) is 27.2 Å². The predicted octanol–water partition coefficient (Wildman–Crippen LogP) is 3.60. The van der Waals surface area contributed by atoms with E-state index in [0.29, 0.717) is 13.2 Å². The van der Waals surface area contributed by atoms with Gasteiger partial charge in [-0.1, -0.05) is 27.4 Å². The van der Waals surface area contributed by atoms with Crippen molar-refractivity contribution in [2.75, 3.05) is 18.5 Å². The van der Waals surface area contributed by atoms with Crippen LogP contribution in [0.2, 0.25) is 0 Å². The van der Waals surface area contributed by atoms with E-state index in [4.69, 9.17) is 9.47 Å². The number of carbonyl (C=O) groups is 1. The van der Waals surface area contributed by atoms with E-state index in [1.165, 1.54) is 6.26 Å². The topological polar surface area (TPSA) is 47.6 Å². The molecule has 1 N–H and O–H groups in total. The van der Waals surface area contributed by atoms with Crippen molar-refractivity contribution in [3.8, 4) is 5.75 Å². The highest BCUT2D eigenvalue weighted by atomic mass is 16.5. The van der Waals surface area contributed by atoms with Gasteiger partial charge in [-0.25, -0.2) is 0 Å². The Morgan fingerprint density at radius 1 is 1.30 bits per heavy atom. The summed E-state index contributed by atoms with van der Waals surface area (Å²) in [5.74, 6) is 0.762. The van der Waals surface area contributed by atoms with Crippen LogP contribution in [0.15, 0.2) is 37.1 Å². The van der Waals surface area contributed by atoms with Gasteiger partial charge in [-0.15, -0.1) is 0 Å². The van der Waals surface area contributed by atoms with Gasteiger partial charge in [0.25, 0.3) is 0 Å². The number of amides is 1. The first-order valence-corrected chi connectivity index (χ1v) is 6.76. The molecule has 110 valence electrons. The fourth-order valence-corrected chi connectivity index (χ4v) is 1.39. The van der Waals surface area contributed by atoms with E-state index in [9.17, 15) is 4.79 Å². The molecular weight excluding hydrogens is 254 g/mol. The highest BCUT2D eigenvalue weighted by Crippen LogP contribution is 2.23. The van der Waals surface area contributed by atoms with Crippen molar-refractivity contribution < 1.29 is 14.3 Å². The average Bonchev–Trinajstić information content (AvgIpc) is 2.45. The average molecular weight is 277 g/mol. The van der Waals surface area contributed by atoms with E-state index >= 15 is 0 Å². The van der Waals surface area contributed by atoms with Gasteiger partial charge >= 0.3 is 0 Å². The standard InChI is InChI=1S/C16H23NO3/c1-5-16(3,4)15(18)17-13-7-9-14(10-8-13)20-12-11-19-6-2/h6-10H,2,5,11-12H2,1,3-4H3,(H,17,18). The van der Waals surface area contributed by atoms with Crippen LogP contribution >= 0.6 is 0 Å². The molecule has 20 heavy (non-hydrogen) atoms. The third-order valence-corrected chi connectivity index (χ3v) is 3.20. The normalized spacial score (nSPS) is 10.8. The molecule has 0 saturated carbocycles. The summed E-state index contributed by atoms with van der Waals surface area (Å²) in [5, 5.41) is 2.90. The lowest BCUT2D eigenvalue weighted by atomic mass is 9.89. The van der Waals surface area contributed by atoms with E-state index in [1.807, 2.05) is 45.0 Å². The van der Waals surface area contributed by atoms with Crippen molar-refractivity contribution in [3.05, 3.63) is 37.1 Å². The summed E-state index contributed by atoms with van der Waals surface area (Å²) in [7, 11) is 0. The number of hydrogen-bond donors (Lipinski definition) is 1. The van der Waals surface area contributed by atoms with Gasteiger partial charge in [0.15, 0.2) is 0 Å². The van der Waals surface area contributed by atoms with Crippen LogP contribution in [0.3, 0.4) is 0 Å². The smallest absolute Gasteiger partial charge is 0.230 e. The Kier molecular flexibility index (Phi) is 6.10. The van der Waals surface area contributed by atoms with Crippen LogP contribution in [-0.2, 0) is 9.53 Å². The molecule has 0 aliphatic heterocycles. The molecule has 0 radical (unpaired) electrons. The van der Waals surface area contributed by atoms with Crippen LogP contribution in [0, 0.1) is 5.41 Å². The summed E-state index contributed by atoms with van der Waals surface area (Å²) in [6.07, 6.45) is 2.18. The maximum Gasteiger partial charge on any atom is 0.230 e. The monoisotopic (exact) mass is 277 g/mol. The molecule has 1 aromatic carbocycles. The molecule has 0 aliphatic rings. The summed E-state index contributed by atoms with van der Waals surface area (Å²) < 4.78 is 10.4. The second kappa shape index (κ2) is 7.58. The fraction of sp³-hybridized carbons (Fsp3) is 0.438. The Morgan fingerprint density at radius 2 is 1.95 bits per heavy atom. The highest BCUT2D eigenvalue weighted by molar-refractivity contribution is 5.94. The second-order valence-corrected chi connectivity index (χ2v) is 5.10. The van der Waals surface area contributed by atoms with Crippen molar-refractivity contribution in [1.82, 2.24) is 0 Å². The Balaban J connectivity index is 2.50. The summed E-state index contributed by atoms with van der Waals surface area (Å²) >= 11 is 0. The van der Waals surface area contributed by atoms with Gasteiger partial charge in [-0.2, -0.15) is 0 Å². The largest absolute Gasteiger partial charge is 0.498 e. The second-order valence-electron chi connectivity index (χ2n) is 5.10. The lowest BCUT2D eigenvalue weighted by molar-refractivity contribution is -0.124. The Labute approximate surface area is 120 Å². The summed E-state index contributed by atoms with van der Waals surface area (Å²) in [6, 6.07) is 7.30. The van der Waals surface area contributed by atoms with Crippen molar-refractivity contribution in [1.29, 1.82) is 0 Å². The van der Waals surface area contributed by atoms with E-state index in [2.05, 4.69) is 11.9 Å². The third kappa shape index (κ3) is 4.96. The van der Waals surface area contributed by atoms with Crippen LogP contribution in [0.1, 0.15) is 27.2 Å². The molecule has 0 atom stereocenters. The number of nitrogens with one attached hydrogen (secondary N) is 1. The molecule has 1 aromatic rings. The van der Waals surface area contributed by atoms with Gasteiger partial charge in [0, 0.05) is 11.1 Å². The zero-order valence-corrected chi connectivity index (χ0v) is 12.4. The summed E-state index contributed by atoms with van der Waals surface area (Å²) in [5.41, 5.74) is 0.406. The number of rotatable bonds is 8. The molecule has 1 amide bonds. The van der Waals surface area contributed by atoms with Crippen molar-refractivity contribution in [2.24, 2.45) is 5.41 Å². The number of hydrogen-bond acceptors (Lipinski definition) is 3. The van der Waals surface area contributed by atoms with Crippen molar-refractivity contribution in [3.63, 3.8) is 0 Å². The van der Waals surface area contributed by atoms with Crippen LogP contribution in [0.25, 0.3) is 0 Å². The number of ether oxygens (including phenoxy) is 2. The maximum absolute atomic E-state index is 12.0. The molecule has 0 heterocycles. The third-order valence-electron chi connectivity index (χ3n) is 3.20. The summed E-state index contributed by atoms with van der Waals surface area (Å²) in [6.45, 7) is 10.2. The minimum absolute atomic E-state index is 0.0213. The molecule has 0 saturated heterocycles. The first-order valence-electron chi connectivity index (χ1n) is 6.76. The van der Waals surface area contributed by atoms with E-state index in [0.717, 1.165) is 17.9 Å². The zero-order chi connectivity index (χ0) is 15.0. The number of benzene rings is 1. The van der Waals surface area contributed by atoms with Crippen molar-refractivity contribution >= 4 is 11.6 Å². The molecule has 4 heteroatoms. The van der Waals surface area contributed by atoms with Gasteiger partial charge < -0.3 is 14.8 Å². The van der Waals surface area contributed by atoms with Gasteiger partial charge in [0.05, 0.1) is 6.26 Å². The number of anilines is 1. The molecule has 0 aliphatic carbocycles. The quantitative estimate of drug-likeness (QED) is 0.583. The lowest BCUT2D eigenvalue weighted by Gasteiger charge is -2.21. The molecule has 0 fully saturated rings. The SMILES string of the molecule is C=COCCOc1ccc(NC(=O)C(C)(C)CC)cc1. The predicted molar refractivity (Wildman–Crippen MR) is 80.8 cm³/mol. The Morgan fingerprint density at radius 3 is 2.50 bits per heavy atom. The summed E-state index contributed by atoms with van der Waals surface area (Å²) in [4.78, 5) is 12.0. The van der Waals surface area contributed by atoms with Crippen LogP contribution in [0.4, 0.5) is 5.69 Å². The molecule has 0 aromatic heterocycles.